The van der Waals surface area contributed by atoms with Gasteiger partial charge in [-0.1, -0.05) is 13.3 Å². The number of halogens is 2. The first-order chi connectivity index (χ1) is 6.27. The maximum absolute atomic E-state index is 9.50. The van der Waals surface area contributed by atoms with E-state index >= 15 is 0 Å². The molecule has 0 aliphatic heterocycles. The molecule has 2 nitrogen and oxygen atoms in total. The Morgan fingerprint density at radius 2 is 2.00 bits per heavy atom. The molecule has 0 bridgehead atoms. The smallest absolute Gasteiger partial charge is 0.119 e. The lowest BCUT2D eigenvalue weighted by atomic mass is 10.1. The van der Waals surface area contributed by atoms with Crippen LogP contribution in [-0.2, 0) is 6.42 Å². The normalized spacial score (nSPS) is 8.67. The highest BCUT2D eigenvalue weighted by molar-refractivity contribution is 5.85. The summed E-state index contributed by atoms with van der Waals surface area (Å²) in [5.74, 6) is 1.18. The van der Waals surface area contributed by atoms with Gasteiger partial charge in [-0.2, -0.15) is 0 Å². The molecule has 1 aromatic carbocycles. The van der Waals surface area contributed by atoms with Gasteiger partial charge in [0.1, 0.15) is 11.5 Å². The molecule has 0 atom stereocenters. The van der Waals surface area contributed by atoms with Gasteiger partial charge in [-0.3, -0.25) is 0 Å². The van der Waals surface area contributed by atoms with Gasteiger partial charge >= 0.3 is 0 Å². The number of benzene rings is 1. The summed E-state index contributed by atoms with van der Waals surface area (Å²) in [6.07, 6.45) is 3.15. The van der Waals surface area contributed by atoms with E-state index in [1.807, 2.05) is 6.07 Å². The highest BCUT2D eigenvalue weighted by atomic mass is 35.5. The van der Waals surface area contributed by atoms with Crippen LogP contribution in [0.4, 0.5) is 0 Å². The molecule has 0 radical (unpaired) electrons. The summed E-state index contributed by atoms with van der Waals surface area (Å²) >= 11 is 0. The number of rotatable bonds is 4. The molecule has 0 aliphatic rings. The fraction of sp³-hybridized carbons (Fsp3) is 0.455. The second-order valence-electron chi connectivity index (χ2n) is 3.10. The Morgan fingerprint density at radius 3 is 2.53 bits per heavy atom. The predicted octanol–water partition coefficient (Wildman–Crippen LogP) is 3.83. The van der Waals surface area contributed by atoms with Crippen molar-refractivity contribution in [2.24, 2.45) is 0 Å². The first-order valence-electron chi connectivity index (χ1n) is 4.63. The van der Waals surface area contributed by atoms with Crippen LogP contribution in [0.1, 0.15) is 26.8 Å². The van der Waals surface area contributed by atoms with Crippen molar-refractivity contribution in [2.75, 3.05) is 7.11 Å². The predicted molar refractivity (Wildman–Crippen MR) is 69.9 cm³/mol. The summed E-state index contributed by atoms with van der Waals surface area (Å²) in [5, 5.41) is 9.50. The Kier molecular flexibility index (Phi) is 9.74. The molecule has 0 saturated carbocycles. The Morgan fingerprint density at radius 1 is 1.33 bits per heavy atom. The first-order valence-corrected chi connectivity index (χ1v) is 4.63. The molecule has 15 heavy (non-hydrogen) atoms. The highest BCUT2D eigenvalue weighted by Gasteiger charge is 2.01. The van der Waals surface area contributed by atoms with Crippen LogP contribution in [0.15, 0.2) is 18.2 Å². The fourth-order valence-corrected chi connectivity index (χ4v) is 1.26. The van der Waals surface area contributed by atoms with E-state index in [2.05, 4.69) is 6.92 Å². The number of methoxy groups -OCH3 is 1. The van der Waals surface area contributed by atoms with E-state index in [1.54, 1.807) is 19.2 Å². The lowest BCUT2D eigenvalue weighted by Crippen LogP contribution is -1.88. The van der Waals surface area contributed by atoms with Crippen molar-refractivity contribution in [3.05, 3.63) is 23.8 Å². The molecule has 1 N–H and O–H groups in total. The van der Waals surface area contributed by atoms with E-state index in [0.29, 0.717) is 5.75 Å². The zero-order valence-corrected chi connectivity index (χ0v) is 10.7. The lowest BCUT2D eigenvalue weighted by molar-refractivity contribution is 0.410. The Hall–Kier alpha value is -0.600. The zero-order chi connectivity index (χ0) is 9.68. The van der Waals surface area contributed by atoms with Crippen molar-refractivity contribution >= 4 is 24.8 Å². The van der Waals surface area contributed by atoms with E-state index in [4.69, 9.17) is 4.74 Å². The first kappa shape index (κ1) is 16.8. The van der Waals surface area contributed by atoms with Crippen LogP contribution in [0.3, 0.4) is 0 Å². The molecule has 0 aromatic heterocycles. The third-order valence-electron chi connectivity index (χ3n) is 2.09. The van der Waals surface area contributed by atoms with Crippen LogP contribution >= 0.6 is 24.8 Å². The summed E-state index contributed by atoms with van der Waals surface area (Å²) < 4.78 is 5.08. The number of unbranched alkanes of at least 4 members (excludes halogenated alkanes) is 1. The molecule has 0 saturated heterocycles. The van der Waals surface area contributed by atoms with Crippen molar-refractivity contribution in [1.29, 1.82) is 0 Å². The molecule has 0 unspecified atom stereocenters. The molecule has 0 heterocycles. The van der Waals surface area contributed by atoms with Gasteiger partial charge < -0.3 is 9.84 Å². The number of aryl methyl sites for hydroxylation is 1. The molecule has 90 valence electrons. The second kappa shape index (κ2) is 8.69. The van der Waals surface area contributed by atoms with Crippen molar-refractivity contribution < 1.29 is 11.3 Å². The highest BCUT2D eigenvalue weighted by Crippen LogP contribution is 2.24. The molecule has 0 spiro atoms. The zero-order valence-electron chi connectivity index (χ0n) is 9.03. The van der Waals surface area contributed by atoms with Crippen molar-refractivity contribution in [1.82, 2.24) is 0 Å². The number of aromatic hydroxyl groups is 1. The van der Waals surface area contributed by atoms with Crippen LogP contribution < -0.4 is 4.74 Å². The maximum atomic E-state index is 9.50. The standard InChI is InChI=1S/C11H16O2.2ClH.H2/c1-3-4-5-9-8-10(13-2)6-7-11(9)12;;;/h6-8,12H,3-5H2,1-2H3;3*1H/i;;;1+1. The van der Waals surface area contributed by atoms with Gasteiger partial charge in [0.2, 0.25) is 0 Å². The second-order valence-corrected chi connectivity index (χ2v) is 3.10. The Bertz CT molecular complexity index is 283. The van der Waals surface area contributed by atoms with Crippen molar-refractivity contribution in [3.8, 4) is 11.5 Å². The van der Waals surface area contributed by atoms with E-state index in [9.17, 15) is 5.11 Å². The monoisotopic (exact) mass is 255 g/mol. The van der Waals surface area contributed by atoms with E-state index < -0.39 is 0 Å². The van der Waals surface area contributed by atoms with Gasteiger partial charge in [-0.15, -0.1) is 24.8 Å². The summed E-state index contributed by atoms with van der Waals surface area (Å²) in [7, 11) is 1.63. The Labute approximate surface area is 105 Å². The number of hydrogen-bond acceptors (Lipinski definition) is 2. The summed E-state index contributed by atoms with van der Waals surface area (Å²) in [6, 6.07) is 5.35. The van der Waals surface area contributed by atoms with Gasteiger partial charge in [0, 0.05) is 1.43 Å². The summed E-state index contributed by atoms with van der Waals surface area (Å²) in [5.41, 5.74) is 0.973. The van der Waals surface area contributed by atoms with Crippen LogP contribution in [-0.4, -0.2) is 12.2 Å². The largest absolute Gasteiger partial charge is 0.508 e. The van der Waals surface area contributed by atoms with Gasteiger partial charge in [0.25, 0.3) is 0 Å². The molecule has 1 rings (SSSR count). The SMILES string of the molecule is CCCCc1cc(OC)ccc1O.Cl.Cl.[2HH]. The van der Waals surface area contributed by atoms with Crippen LogP contribution in [0.2, 0.25) is 0 Å². The minimum absolute atomic E-state index is 0. The number of hydrogen-bond donors (Lipinski definition) is 1. The quantitative estimate of drug-likeness (QED) is 0.887. The molecule has 1 aromatic rings. The fourth-order valence-electron chi connectivity index (χ4n) is 1.26. The van der Waals surface area contributed by atoms with Crippen LogP contribution in [0.25, 0.3) is 0 Å². The van der Waals surface area contributed by atoms with Gasteiger partial charge in [0.15, 0.2) is 0 Å². The number of phenols is 1. The third kappa shape index (κ3) is 5.14. The average molecular weight is 256 g/mol. The number of phenolic OH excluding ortho intramolecular Hbond substituents is 1. The summed E-state index contributed by atoms with van der Waals surface area (Å²) in [6.45, 7) is 2.14. The minimum Gasteiger partial charge on any atom is -0.508 e. The topological polar surface area (TPSA) is 29.5 Å². The Balaban J connectivity index is -0.000000563. The van der Waals surface area contributed by atoms with Crippen molar-refractivity contribution in [2.45, 2.75) is 26.2 Å². The van der Waals surface area contributed by atoms with Crippen molar-refractivity contribution in [3.63, 3.8) is 0 Å². The molecular weight excluding hydrogens is 235 g/mol. The van der Waals surface area contributed by atoms with Gasteiger partial charge in [0.05, 0.1) is 7.11 Å². The van der Waals surface area contributed by atoms with E-state index in [-0.39, 0.29) is 26.2 Å². The van der Waals surface area contributed by atoms with Crippen LogP contribution in [0, 0.1) is 0 Å². The molecule has 0 aliphatic carbocycles. The van der Waals surface area contributed by atoms with E-state index in [1.165, 1.54) is 0 Å². The molecule has 0 amide bonds. The minimum atomic E-state index is 0. The summed E-state index contributed by atoms with van der Waals surface area (Å²) in [4.78, 5) is 0. The van der Waals surface area contributed by atoms with E-state index in [0.717, 1.165) is 30.6 Å². The third-order valence-corrected chi connectivity index (χ3v) is 2.09. The maximum Gasteiger partial charge on any atom is 0.119 e. The average Bonchev–Trinajstić information content (AvgIpc) is 2.17. The number of ether oxygens (including phenoxy) is 1. The van der Waals surface area contributed by atoms with Crippen LogP contribution in [0.5, 0.6) is 11.5 Å². The lowest BCUT2D eigenvalue weighted by Gasteiger charge is -2.06. The molecule has 4 heteroatoms. The van der Waals surface area contributed by atoms with Gasteiger partial charge in [-0.25, -0.2) is 0 Å². The van der Waals surface area contributed by atoms with Gasteiger partial charge in [-0.05, 0) is 36.6 Å². The molecular formula is C11H20Cl2O2. The molecule has 0 fully saturated rings.